The van der Waals surface area contributed by atoms with Crippen LogP contribution in [0.5, 0.6) is 0 Å². The van der Waals surface area contributed by atoms with Crippen LogP contribution in [0.2, 0.25) is 0 Å². The van der Waals surface area contributed by atoms with Gasteiger partial charge in [-0.15, -0.1) is 0 Å². The first-order valence-corrected chi connectivity index (χ1v) is 11.6. The molecule has 3 rings (SSSR count). The number of hydrogen-bond acceptors (Lipinski definition) is 3. The van der Waals surface area contributed by atoms with Crippen molar-refractivity contribution in [3.63, 3.8) is 0 Å². The Balaban J connectivity index is 1.38. The topological polar surface area (TPSA) is 38.7 Å². The van der Waals surface area contributed by atoms with E-state index in [2.05, 4.69) is 13.8 Å². The fraction of sp³-hybridized carbons (Fsp3) is 1.00. The maximum absolute atomic E-state index is 9.79. The third-order valence-corrected chi connectivity index (χ3v) is 7.61. The molecular weight excluding hydrogens is 324 g/mol. The van der Waals surface area contributed by atoms with Crippen LogP contribution in [0.3, 0.4) is 0 Å². The first-order valence-electron chi connectivity index (χ1n) is 11.6. The van der Waals surface area contributed by atoms with E-state index in [-0.39, 0.29) is 12.4 Å². The third-order valence-electron chi connectivity index (χ3n) is 7.61. The van der Waals surface area contributed by atoms with E-state index in [1.54, 1.807) is 0 Å². The summed E-state index contributed by atoms with van der Waals surface area (Å²) in [6, 6.07) is 0. The molecule has 1 N–H and O–H groups in total. The first-order chi connectivity index (χ1) is 12.7. The van der Waals surface area contributed by atoms with Crippen LogP contribution < -0.4 is 0 Å². The van der Waals surface area contributed by atoms with E-state index in [9.17, 15) is 5.11 Å². The molecule has 2 aliphatic carbocycles. The molecule has 1 heterocycles. The lowest BCUT2D eigenvalue weighted by atomic mass is 9.70. The summed E-state index contributed by atoms with van der Waals surface area (Å²) in [5.41, 5.74) is 0. The molecule has 3 nitrogen and oxygen atoms in total. The van der Waals surface area contributed by atoms with E-state index in [1.807, 2.05) is 0 Å². The van der Waals surface area contributed by atoms with Crippen molar-refractivity contribution >= 4 is 0 Å². The molecule has 0 aromatic rings. The van der Waals surface area contributed by atoms with Crippen LogP contribution in [0.4, 0.5) is 0 Å². The molecule has 3 aliphatic rings. The summed E-state index contributed by atoms with van der Waals surface area (Å²) in [7, 11) is 0. The van der Waals surface area contributed by atoms with Crippen LogP contribution in [-0.4, -0.2) is 30.2 Å². The lowest BCUT2D eigenvalue weighted by Gasteiger charge is -2.38. The van der Waals surface area contributed by atoms with Crippen molar-refractivity contribution in [2.45, 2.75) is 116 Å². The van der Waals surface area contributed by atoms with E-state index in [1.165, 1.54) is 64.2 Å². The van der Waals surface area contributed by atoms with Gasteiger partial charge < -0.3 is 14.6 Å². The SMILES string of the molecule is CCC(CC(C)C1CCC(OC2CCCCO2)CC1)C1CCC(O)CC1. The van der Waals surface area contributed by atoms with Crippen LogP contribution in [0, 0.1) is 23.7 Å². The molecule has 0 amide bonds. The van der Waals surface area contributed by atoms with Gasteiger partial charge in [-0.3, -0.25) is 0 Å². The van der Waals surface area contributed by atoms with Gasteiger partial charge in [0.25, 0.3) is 0 Å². The Hall–Kier alpha value is -0.120. The molecule has 3 heteroatoms. The maximum atomic E-state index is 9.79. The van der Waals surface area contributed by atoms with Crippen LogP contribution in [-0.2, 0) is 9.47 Å². The van der Waals surface area contributed by atoms with Crippen molar-refractivity contribution in [3.8, 4) is 0 Å². The zero-order valence-corrected chi connectivity index (χ0v) is 17.2. The predicted octanol–water partition coefficient (Wildman–Crippen LogP) is 5.69. The van der Waals surface area contributed by atoms with E-state index >= 15 is 0 Å². The summed E-state index contributed by atoms with van der Waals surface area (Å²) in [6.45, 7) is 5.75. The summed E-state index contributed by atoms with van der Waals surface area (Å²) in [6.07, 6.45) is 16.4. The van der Waals surface area contributed by atoms with Gasteiger partial charge in [-0.2, -0.15) is 0 Å². The number of hydrogen-bond donors (Lipinski definition) is 1. The molecule has 2 saturated carbocycles. The molecule has 3 atom stereocenters. The standard InChI is InChI=1S/C23H42O3/c1-3-18(20-7-11-21(24)12-8-20)16-17(2)19-9-13-22(14-10-19)26-23-6-4-5-15-25-23/h17-24H,3-16H2,1-2H3. The third kappa shape index (κ3) is 5.94. The fourth-order valence-corrected chi connectivity index (χ4v) is 5.76. The Morgan fingerprint density at radius 3 is 2.23 bits per heavy atom. The van der Waals surface area contributed by atoms with Gasteiger partial charge in [0.1, 0.15) is 0 Å². The Morgan fingerprint density at radius 2 is 1.62 bits per heavy atom. The molecule has 3 fully saturated rings. The van der Waals surface area contributed by atoms with Crippen molar-refractivity contribution in [2.24, 2.45) is 23.7 Å². The van der Waals surface area contributed by atoms with Gasteiger partial charge in [0, 0.05) is 6.61 Å². The van der Waals surface area contributed by atoms with E-state index in [0.29, 0.717) is 6.10 Å². The summed E-state index contributed by atoms with van der Waals surface area (Å²) >= 11 is 0. The Kier molecular flexibility index (Phi) is 8.27. The minimum Gasteiger partial charge on any atom is -0.393 e. The predicted molar refractivity (Wildman–Crippen MR) is 106 cm³/mol. The number of aliphatic hydroxyl groups is 1. The molecular formula is C23H42O3. The zero-order valence-electron chi connectivity index (χ0n) is 17.2. The molecule has 0 bridgehead atoms. The molecule has 1 aliphatic heterocycles. The normalized spacial score (nSPS) is 38.7. The van der Waals surface area contributed by atoms with Crippen LogP contribution in [0.1, 0.15) is 97.3 Å². The molecule has 26 heavy (non-hydrogen) atoms. The molecule has 0 aromatic carbocycles. The highest BCUT2D eigenvalue weighted by Gasteiger charge is 2.31. The quantitative estimate of drug-likeness (QED) is 0.629. The Bertz CT molecular complexity index is 377. The fourth-order valence-electron chi connectivity index (χ4n) is 5.76. The minimum absolute atomic E-state index is 0.0235. The largest absolute Gasteiger partial charge is 0.393 e. The maximum Gasteiger partial charge on any atom is 0.157 e. The monoisotopic (exact) mass is 366 g/mol. The highest BCUT2D eigenvalue weighted by molar-refractivity contribution is 4.82. The minimum atomic E-state index is -0.0235. The average Bonchev–Trinajstić information content (AvgIpc) is 2.68. The smallest absolute Gasteiger partial charge is 0.157 e. The number of ether oxygens (including phenoxy) is 2. The second kappa shape index (κ2) is 10.4. The van der Waals surface area contributed by atoms with Gasteiger partial charge in [-0.25, -0.2) is 0 Å². The highest BCUT2D eigenvalue weighted by Crippen LogP contribution is 2.40. The Morgan fingerprint density at radius 1 is 0.923 bits per heavy atom. The molecule has 3 unspecified atom stereocenters. The van der Waals surface area contributed by atoms with Crippen LogP contribution >= 0.6 is 0 Å². The molecule has 1 saturated heterocycles. The lowest BCUT2D eigenvalue weighted by molar-refractivity contribution is -0.195. The Labute approximate surface area is 161 Å². The van der Waals surface area contributed by atoms with Gasteiger partial charge in [0.15, 0.2) is 6.29 Å². The molecule has 0 radical (unpaired) electrons. The van der Waals surface area contributed by atoms with Crippen molar-refractivity contribution in [3.05, 3.63) is 0 Å². The number of aliphatic hydroxyl groups excluding tert-OH is 1. The zero-order chi connectivity index (χ0) is 18.4. The van der Waals surface area contributed by atoms with Gasteiger partial charge in [0.05, 0.1) is 12.2 Å². The van der Waals surface area contributed by atoms with Gasteiger partial charge in [-0.05, 0) is 101 Å². The number of rotatable bonds is 7. The summed E-state index contributed by atoms with van der Waals surface area (Å²) in [5.74, 6) is 3.43. The molecule has 0 spiro atoms. The van der Waals surface area contributed by atoms with Gasteiger partial charge >= 0.3 is 0 Å². The van der Waals surface area contributed by atoms with Gasteiger partial charge in [0.2, 0.25) is 0 Å². The van der Waals surface area contributed by atoms with E-state index in [0.717, 1.165) is 49.5 Å². The van der Waals surface area contributed by atoms with Crippen molar-refractivity contribution in [1.82, 2.24) is 0 Å². The highest BCUT2D eigenvalue weighted by atomic mass is 16.7. The van der Waals surface area contributed by atoms with E-state index < -0.39 is 0 Å². The van der Waals surface area contributed by atoms with Crippen LogP contribution in [0.25, 0.3) is 0 Å². The summed E-state index contributed by atoms with van der Waals surface area (Å²) in [4.78, 5) is 0. The summed E-state index contributed by atoms with van der Waals surface area (Å²) in [5, 5.41) is 9.79. The first kappa shape index (κ1) is 20.6. The second-order valence-corrected chi connectivity index (χ2v) is 9.42. The molecule has 152 valence electrons. The van der Waals surface area contributed by atoms with Crippen molar-refractivity contribution in [1.29, 1.82) is 0 Å². The van der Waals surface area contributed by atoms with Gasteiger partial charge in [-0.1, -0.05) is 20.3 Å². The average molecular weight is 367 g/mol. The van der Waals surface area contributed by atoms with Crippen LogP contribution in [0.15, 0.2) is 0 Å². The second-order valence-electron chi connectivity index (χ2n) is 9.42. The lowest BCUT2D eigenvalue weighted by Crippen LogP contribution is -2.32. The van der Waals surface area contributed by atoms with E-state index in [4.69, 9.17) is 9.47 Å². The van der Waals surface area contributed by atoms with Crippen molar-refractivity contribution < 1.29 is 14.6 Å². The van der Waals surface area contributed by atoms with Crippen molar-refractivity contribution in [2.75, 3.05) is 6.61 Å². The summed E-state index contributed by atoms with van der Waals surface area (Å²) < 4.78 is 12.0. The molecule has 0 aromatic heterocycles.